The molecular formula is C8H10N2OS. The summed E-state index contributed by atoms with van der Waals surface area (Å²) in [5, 5.41) is 3.59. The molecular weight excluding hydrogens is 172 g/mol. The average Bonchev–Trinajstić information content (AvgIpc) is 2.03. The molecule has 1 rings (SSSR count). The van der Waals surface area contributed by atoms with Crippen LogP contribution in [0.5, 0.6) is 0 Å². The maximum atomic E-state index is 10.7. The van der Waals surface area contributed by atoms with Crippen molar-refractivity contribution in [1.82, 2.24) is 4.98 Å². The number of amides is 1. The topological polar surface area (TPSA) is 42.0 Å². The summed E-state index contributed by atoms with van der Waals surface area (Å²) in [5.41, 5.74) is 0.793. The van der Waals surface area contributed by atoms with Gasteiger partial charge >= 0.3 is 0 Å². The van der Waals surface area contributed by atoms with Crippen LogP contribution >= 0.6 is 11.8 Å². The van der Waals surface area contributed by atoms with Crippen LogP contribution in [0.2, 0.25) is 0 Å². The standard InChI is InChI=1S/C8H10N2OS/c1-6(11)10-7-3-4-9-8(5-7)12-2/h3-5H,1-2H3,(H,9,10,11). The highest BCUT2D eigenvalue weighted by molar-refractivity contribution is 7.98. The lowest BCUT2D eigenvalue weighted by Crippen LogP contribution is -2.05. The van der Waals surface area contributed by atoms with Crippen molar-refractivity contribution in [3.05, 3.63) is 18.3 Å². The number of nitrogens with zero attached hydrogens (tertiary/aromatic N) is 1. The van der Waals surface area contributed by atoms with Crippen LogP contribution in [0.25, 0.3) is 0 Å². The molecule has 0 aliphatic carbocycles. The van der Waals surface area contributed by atoms with E-state index in [0.717, 1.165) is 10.7 Å². The quantitative estimate of drug-likeness (QED) is 0.709. The monoisotopic (exact) mass is 182 g/mol. The lowest BCUT2D eigenvalue weighted by Gasteiger charge is -2.01. The van der Waals surface area contributed by atoms with E-state index in [0.29, 0.717) is 0 Å². The second-order valence-electron chi connectivity index (χ2n) is 2.27. The third-order valence-corrected chi connectivity index (χ3v) is 1.91. The molecule has 1 N–H and O–H groups in total. The van der Waals surface area contributed by atoms with Crippen molar-refractivity contribution in [1.29, 1.82) is 0 Å². The Morgan fingerprint density at radius 2 is 2.42 bits per heavy atom. The zero-order valence-electron chi connectivity index (χ0n) is 7.00. The summed E-state index contributed by atoms with van der Waals surface area (Å²) in [7, 11) is 0. The molecule has 0 radical (unpaired) electrons. The van der Waals surface area contributed by atoms with E-state index >= 15 is 0 Å². The first-order valence-corrected chi connectivity index (χ1v) is 4.72. The molecule has 1 heterocycles. The lowest BCUT2D eigenvalue weighted by atomic mass is 10.4. The Morgan fingerprint density at radius 3 is 3.00 bits per heavy atom. The van der Waals surface area contributed by atoms with Gasteiger partial charge < -0.3 is 5.32 Å². The van der Waals surface area contributed by atoms with Gasteiger partial charge in [0.15, 0.2) is 0 Å². The number of carbonyl (C=O) groups excluding carboxylic acids is 1. The van der Waals surface area contributed by atoms with Gasteiger partial charge in [-0.05, 0) is 18.4 Å². The maximum Gasteiger partial charge on any atom is 0.221 e. The first-order chi connectivity index (χ1) is 5.72. The molecule has 0 aliphatic heterocycles. The van der Waals surface area contributed by atoms with E-state index in [1.807, 2.05) is 12.3 Å². The SMILES string of the molecule is CSc1cc(NC(C)=O)ccn1. The summed E-state index contributed by atoms with van der Waals surface area (Å²) in [6.07, 6.45) is 3.62. The van der Waals surface area contributed by atoms with Crippen LogP contribution in [0.3, 0.4) is 0 Å². The minimum absolute atomic E-state index is 0.0618. The van der Waals surface area contributed by atoms with Crippen LogP contribution in [0, 0.1) is 0 Å². The van der Waals surface area contributed by atoms with Crippen LogP contribution in [0.15, 0.2) is 23.4 Å². The fraction of sp³-hybridized carbons (Fsp3) is 0.250. The molecule has 1 amide bonds. The highest BCUT2D eigenvalue weighted by Gasteiger charge is 1.96. The van der Waals surface area contributed by atoms with Crippen molar-refractivity contribution >= 4 is 23.4 Å². The van der Waals surface area contributed by atoms with Gasteiger partial charge in [0.1, 0.15) is 0 Å². The molecule has 1 aromatic heterocycles. The van der Waals surface area contributed by atoms with Gasteiger partial charge in [-0.1, -0.05) is 0 Å². The molecule has 1 aromatic rings. The predicted molar refractivity (Wildman–Crippen MR) is 50.3 cm³/mol. The number of rotatable bonds is 2. The first-order valence-electron chi connectivity index (χ1n) is 3.50. The summed E-state index contributed by atoms with van der Waals surface area (Å²) in [5.74, 6) is -0.0618. The van der Waals surface area contributed by atoms with Gasteiger partial charge in [0.25, 0.3) is 0 Å². The summed E-state index contributed by atoms with van der Waals surface area (Å²) < 4.78 is 0. The molecule has 12 heavy (non-hydrogen) atoms. The van der Waals surface area contributed by atoms with Crippen LogP contribution in [0.1, 0.15) is 6.92 Å². The minimum atomic E-state index is -0.0618. The summed E-state index contributed by atoms with van der Waals surface area (Å²) >= 11 is 1.55. The van der Waals surface area contributed by atoms with Crippen molar-refractivity contribution in [3.8, 4) is 0 Å². The third-order valence-electron chi connectivity index (χ3n) is 1.26. The number of thioether (sulfide) groups is 1. The Balaban J connectivity index is 2.79. The van der Waals surface area contributed by atoms with E-state index in [2.05, 4.69) is 10.3 Å². The molecule has 0 aliphatic rings. The predicted octanol–water partition coefficient (Wildman–Crippen LogP) is 1.76. The van der Waals surface area contributed by atoms with Gasteiger partial charge in [-0.2, -0.15) is 0 Å². The Bertz CT molecular complexity index is 288. The molecule has 4 heteroatoms. The largest absolute Gasteiger partial charge is 0.326 e. The van der Waals surface area contributed by atoms with Gasteiger partial charge in [0.2, 0.25) is 5.91 Å². The van der Waals surface area contributed by atoms with Gasteiger partial charge in [-0.3, -0.25) is 4.79 Å². The maximum absolute atomic E-state index is 10.7. The normalized spacial score (nSPS) is 9.50. The van der Waals surface area contributed by atoms with E-state index in [1.165, 1.54) is 6.92 Å². The van der Waals surface area contributed by atoms with Gasteiger partial charge in [0, 0.05) is 18.8 Å². The number of anilines is 1. The fourth-order valence-electron chi connectivity index (χ4n) is 0.802. The highest BCUT2D eigenvalue weighted by atomic mass is 32.2. The highest BCUT2D eigenvalue weighted by Crippen LogP contribution is 2.15. The molecule has 64 valence electrons. The van der Waals surface area contributed by atoms with Crippen molar-refractivity contribution in [2.24, 2.45) is 0 Å². The van der Waals surface area contributed by atoms with E-state index in [4.69, 9.17) is 0 Å². The molecule has 0 saturated heterocycles. The van der Waals surface area contributed by atoms with E-state index < -0.39 is 0 Å². The van der Waals surface area contributed by atoms with Crippen molar-refractivity contribution in [2.75, 3.05) is 11.6 Å². The summed E-state index contributed by atoms with van der Waals surface area (Å²) in [6.45, 7) is 1.49. The summed E-state index contributed by atoms with van der Waals surface area (Å²) in [4.78, 5) is 14.8. The third kappa shape index (κ3) is 2.54. The molecule has 0 aromatic carbocycles. The van der Waals surface area contributed by atoms with Crippen LogP contribution in [-0.2, 0) is 4.79 Å². The Kier molecular flexibility index (Phi) is 3.10. The van der Waals surface area contributed by atoms with Crippen molar-refractivity contribution < 1.29 is 4.79 Å². The Labute approximate surface area is 75.6 Å². The van der Waals surface area contributed by atoms with Crippen molar-refractivity contribution in [2.45, 2.75) is 11.9 Å². The lowest BCUT2D eigenvalue weighted by molar-refractivity contribution is -0.114. The van der Waals surface area contributed by atoms with Gasteiger partial charge in [-0.25, -0.2) is 4.98 Å². The van der Waals surface area contributed by atoms with E-state index in [-0.39, 0.29) is 5.91 Å². The fourth-order valence-corrected chi connectivity index (χ4v) is 1.21. The van der Waals surface area contributed by atoms with Gasteiger partial charge in [0.05, 0.1) is 5.03 Å². The molecule has 0 fully saturated rings. The van der Waals surface area contributed by atoms with Gasteiger partial charge in [-0.15, -0.1) is 11.8 Å². The zero-order chi connectivity index (χ0) is 8.97. The second-order valence-corrected chi connectivity index (χ2v) is 3.09. The summed E-state index contributed by atoms with van der Waals surface area (Å²) in [6, 6.07) is 3.60. The molecule has 0 spiro atoms. The zero-order valence-corrected chi connectivity index (χ0v) is 7.81. The molecule has 0 atom stereocenters. The van der Waals surface area contributed by atoms with Crippen LogP contribution in [0.4, 0.5) is 5.69 Å². The Hall–Kier alpha value is -1.03. The minimum Gasteiger partial charge on any atom is -0.326 e. The number of carbonyl (C=O) groups is 1. The Morgan fingerprint density at radius 1 is 1.67 bits per heavy atom. The number of hydrogen-bond acceptors (Lipinski definition) is 3. The van der Waals surface area contributed by atoms with Crippen LogP contribution in [-0.4, -0.2) is 17.1 Å². The number of aromatic nitrogens is 1. The number of hydrogen-bond donors (Lipinski definition) is 1. The molecule has 0 bridgehead atoms. The van der Waals surface area contributed by atoms with Crippen LogP contribution < -0.4 is 5.32 Å². The molecule has 0 saturated carbocycles. The van der Waals surface area contributed by atoms with E-state index in [9.17, 15) is 4.79 Å². The second kappa shape index (κ2) is 4.11. The average molecular weight is 182 g/mol. The molecule has 0 unspecified atom stereocenters. The number of pyridine rings is 1. The number of nitrogens with one attached hydrogen (secondary N) is 1. The smallest absolute Gasteiger partial charge is 0.221 e. The van der Waals surface area contributed by atoms with E-state index in [1.54, 1.807) is 24.0 Å². The van der Waals surface area contributed by atoms with Crippen molar-refractivity contribution in [3.63, 3.8) is 0 Å². The first kappa shape index (κ1) is 9.06. The molecule has 3 nitrogen and oxygen atoms in total.